The average molecular weight is 166 g/mol. The first-order chi connectivity index (χ1) is 5.75. The third-order valence-corrected chi connectivity index (χ3v) is 1.74. The van der Waals surface area contributed by atoms with Crippen LogP contribution in [0.4, 0.5) is 5.69 Å². The van der Waals surface area contributed by atoms with Crippen LogP contribution in [0.25, 0.3) is 0 Å². The largest absolute Gasteiger partial charge is 0.508 e. The number of hydrogen-bond donors (Lipinski definition) is 3. The zero-order valence-electron chi connectivity index (χ0n) is 7.17. The number of aromatic hydroxyl groups is 1. The molecular formula is C9H14N2O. The maximum atomic E-state index is 9.40. The van der Waals surface area contributed by atoms with Crippen LogP contribution in [0.5, 0.6) is 5.75 Å². The predicted octanol–water partition coefficient (Wildman–Crippen LogP) is 1.08. The summed E-state index contributed by atoms with van der Waals surface area (Å²) >= 11 is 0. The Kier molecular flexibility index (Phi) is 2.94. The molecule has 1 aromatic carbocycles. The lowest BCUT2D eigenvalue weighted by Gasteiger charge is -2.07. The lowest BCUT2D eigenvalue weighted by atomic mass is 10.1. The minimum Gasteiger partial charge on any atom is -0.508 e. The van der Waals surface area contributed by atoms with E-state index < -0.39 is 0 Å². The van der Waals surface area contributed by atoms with Gasteiger partial charge in [-0.25, -0.2) is 0 Å². The van der Waals surface area contributed by atoms with Crippen molar-refractivity contribution in [1.82, 2.24) is 5.32 Å². The molecule has 0 heterocycles. The van der Waals surface area contributed by atoms with E-state index in [0.717, 1.165) is 12.1 Å². The van der Waals surface area contributed by atoms with Gasteiger partial charge in [-0.15, -0.1) is 0 Å². The highest BCUT2D eigenvalue weighted by Gasteiger charge is 2.02. The van der Waals surface area contributed by atoms with Crippen molar-refractivity contribution in [2.75, 3.05) is 12.3 Å². The Balaban J connectivity index is 2.81. The number of phenols is 1. The van der Waals surface area contributed by atoms with Crippen molar-refractivity contribution in [2.45, 2.75) is 13.5 Å². The molecule has 12 heavy (non-hydrogen) atoms. The van der Waals surface area contributed by atoms with E-state index in [1.807, 2.05) is 6.92 Å². The molecule has 0 unspecified atom stereocenters. The molecule has 66 valence electrons. The smallest absolute Gasteiger partial charge is 0.122 e. The molecule has 0 aliphatic carbocycles. The fraction of sp³-hybridized carbons (Fsp3) is 0.333. The van der Waals surface area contributed by atoms with Crippen molar-refractivity contribution in [3.63, 3.8) is 0 Å². The number of nitrogens with two attached hydrogens (primary N) is 1. The zero-order valence-corrected chi connectivity index (χ0v) is 7.17. The van der Waals surface area contributed by atoms with Gasteiger partial charge in [-0.2, -0.15) is 0 Å². The Labute approximate surface area is 72.2 Å². The van der Waals surface area contributed by atoms with Gasteiger partial charge in [0.2, 0.25) is 0 Å². The third kappa shape index (κ3) is 1.89. The summed E-state index contributed by atoms with van der Waals surface area (Å²) in [4.78, 5) is 0. The van der Waals surface area contributed by atoms with Crippen LogP contribution < -0.4 is 11.1 Å². The minimum absolute atomic E-state index is 0.260. The number of nitrogen functional groups attached to an aromatic ring is 1. The van der Waals surface area contributed by atoms with Gasteiger partial charge in [0.25, 0.3) is 0 Å². The molecule has 0 atom stereocenters. The van der Waals surface area contributed by atoms with Crippen LogP contribution in [0.2, 0.25) is 0 Å². The summed E-state index contributed by atoms with van der Waals surface area (Å²) < 4.78 is 0. The van der Waals surface area contributed by atoms with Crippen LogP contribution in [-0.2, 0) is 6.54 Å². The van der Waals surface area contributed by atoms with E-state index >= 15 is 0 Å². The second-order valence-corrected chi connectivity index (χ2v) is 2.63. The Hall–Kier alpha value is -1.22. The van der Waals surface area contributed by atoms with Crippen LogP contribution in [0.1, 0.15) is 12.5 Å². The van der Waals surface area contributed by atoms with E-state index in [1.54, 1.807) is 18.2 Å². The summed E-state index contributed by atoms with van der Waals surface area (Å²) in [5.41, 5.74) is 7.07. The van der Waals surface area contributed by atoms with Crippen molar-refractivity contribution in [3.05, 3.63) is 23.8 Å². The van der Waals surface area contributed by atoms with Crippen molar-refractivity contribution >= 4 is 5.69 Å². The fourth-order valence-corrected chi connectivity index (χ4v) is 1.03. The van der Waals surface area contributed by atoms with Gasteiger partial charge in [0.15, 0.2) is 0 Å². The molecule has 0 saturated heterocycles. The Morgan fingerprint density at radius 3 is 2.83 bits per heavy atom. The van der Waals surface area contributed by atoms with Gasteiger partial charge in [-0.3, -0.25) is 0 Å². The highest BCUT2D eigenvalue weighted by Crippen LogP contribution is 2.22. The Morgan fingerprint density at radius 2 is 2.25 bits per heavy atom. The quantitative estimate of drug-likeness (QED) is 0.589. The van der Waals surface area contributed by atoms with Gasteiger partial charge in [0.1, 0.15) is 5.75 Å². The molecule has 3 heteroatoms. The molecule has 0 fully saturated rings. The molecule has 0 radical (unpaired) electrons. The summed E-state index contributed by atoms with van der Waals surface area (Å²) in [6.45, 7) is 3.50. The first-order valence-corrected chi connectivity index (χ1v) is 4.02. The van der Waals surface area contributed by atoms with Gasteiger partial charge < -0.3 is 16.2 Å². The summed E-state index contributed by atoms with van der Waals surface area (Å²) in [5, 5.41) is 12.5. The lowest BCUT2D eigenvalue weighted by molar-refractivity contribution is 0.465. The lowest BCUT2D eigenvalue weighted by Crippen LogP contribution is -2.13. The van der Waals surface area contributed by atoms with Gasteiger partial charge in [0, 0.05) is 17.8 Å². The third-order valence-electron chi connectivity index (χ3n) is 1.74. The monoisotopic (exact) mass is 166 g/mol. The number of benzene rings is 1. The van der Waals surface area contributed by atoms with E-state index in [0.29, 0.717) is 12.2 Å². The van der Waals surface area contributed by atoms with Crippen LogP contribution in [0.3, 0.4) is 0 Å². The molecule has 0 aliphatic heterocycles. The molecule has 0 amide bonds. The second-order valence-electron chi connectivity index (χ2n) is 2.63. The molecule has 1 rings (SSSR count). The van der Waals surface area contributed by atoms with Gasteiger partial charge >= 0.3 is 0 Å². The van der Waals surface area contributed by atoms with Crippen molar-refractivity contribution in [1.29, 1.82) is 0 Å². The SMILES string of the molecule is CCNCc1c(N)cccc1O. The maximum Gasteiger partial charge on any atom is 0.122 e. The number of hydrogen-bond acceptors (Lipinski definition) is 3. The number of rotatable bonds is 3. The van der Waals surface area contributed by atoms with Crippen molar-refractivity contribution < 1.29 is 5.11 Å². The highest BCUT2D eigenvalue weighted by atomic mass is 16.3. The minimum atomic E-state index is 0.260. The number of phenolic OH excluding ortho intramolecular Hbond substituents is 1. The number of nitrogens with one attached hydrogen (secondary N) is 1. The first kappa shape index (κ1) is 8.87. The molecule has 0 aliphatic rings. The first-order valence-electron chi connectivity index (χ1n) is 4.02. The van der Waals surface area contributed by atoms with Gasteiger partial charge in [-0.05, 0) is 18.7 Å². The standard InChI is InChI=1S/C9H14N2O/c1-2-11-6-7-8(10)4-3-5-9(7)12/h3-5,11-12H,2,6,10H2,1H3. The molecule has 3 nitrogen and oxygen atoms in total. The maximum absolute atomic E-state index is 9.40. The summed E-state index contributed by atoms with van der Waals surface area (Å²) in [7, 11) is 0. The predicted molar refractivity (Wildman–Crippen MR) is 49.9 cm³/mol. The molecule has 1 aromatic rings. The van der Waals surface area contributed by atoms with Crippen molar-refractivity contribution in [2.24, 2.45) is 0 Å². The molecule has 0 spiro atoms. The van der Waals surface area contributed by atoms with Gasteiger partial charge in [0.05, 0.1) is 0 Å². The topological polar surface area (TPSA) is 58.3 Å². The molecule has 4 N–H and O–H groups in total. The van der Waals surface area contributed by atoms with Crippen molar-refractivity contribution in [3.8, 4) is 5.75 Å². The fourth-order valence-electron chi connectivity index (χ4n) is 1.03. The van der Waals surface area contributed by atoms with E-state index in [4.69, 9.17) is 5.73 Å². The Morgan fingerprint density at radius 1 is 1.50 bits per heavy atom. The Bertz CT molecular complexity index is 240. The van der Waals surface area contributed by atoms with Gasteiger partial charge in [-0.1, -0.05) is 13.0 Å². The number of anilines is 1. The summed E-state index contributed by atoms with van der Waals surface area (Å²) in [5.74, 6) is 0.260. The van der Waals surface area contributed by atoms with E-state index in [2.05, 4.69) is 5.32 Å². The summed E-state index contributed by atoms with van der Waals surface area (Å²) in [6, 6.07) is 5.16. The van der Waals surface area contributed by atoms with Crippen LogP contribution in [0.15, 0.2) is 18.2 Å². The highest BCUT2D eigenvalue weighted by molar-refractivity contribution is 5.53. The second kappa shape index (κ2) is 3.97. The van der Waals surface area contributed by atoms with E-state index in [-0.39, 0.29) is 5.75 Å². The molecular weight excluding hydrogens is 152 g/mol. The molecule has 0 aromatic heterocycles. The zero-order chi connectivity index (χ0) is 8.97. The summed E-state index contributed by atoms with van der Waals surface area (Å²) in [6.07, 6.45) is 0. The average Bonchev–Trinajstić information content (AvgIpc) is 2.04. The van der Waals surface area contributed by atoms with Crippen LogP contribution >= 0.6 is 0 Å². The normalized spacial score (nSPS) is 10.1. The van der Waals surface area contributed by atoms with E-state index in [9.17, 15) is 5.11 Å². The molecule has 0 bridgehead atoms. The van der Waals surface area contributed by atoms with E-state index in [1.165, 1.54) is 0 Å². The van der Waals surface area contributed by atoms with Crippen LogP contribution in [-0.4, -0.2) is 11.7 Å². The molecule has 0 saturated carbocycles. The van der Waals surface area contributed by atoms with Crippen LogP contribution in [0, 0.1) is 0 Å².